The molecule has 7 nitrogen and oxygen atoms in total. The number of thiazole rings is 1. The number of nitrogens with one attached hydrogen (secondary N) is 1. The van der Waals surface area contributed by atoms with Crippen molar-refractivity contribution in [3.05, 3.63) is 58.1 Å². The molecular formula is C17H10ClF3N6OS. The second-order valence-electron chi connectivity index (χ2n) is 5.89. The molecule has 0 saturated carbocycles. The number of fused-ring (bicyclic) bond motifs is 1. The number of hydrogen-bond donors (Lipinski definition) is 1. The Balaban J connectivity index is 1.67. The van der Waals surface area contributed by atoms with E-state index >= 15 is 0 Å². The van der Waals surface area contributed by atoms with Crippen LogP contribution in [0.3, 0.4) is 0 Å². The molecule has 0 atom stereocenters. The zero-order chi connectivity index (χ0) is 20.8. The summed E-state index contributed by atoms with van der Waals surface area (Å²) >= 11 is 7.04. The van der Waals surface area contributed by atoms with E-state index in [1.807, 2.05) is 0 Å². The molecule has 1 N–H and O–H groups in total. The topological polar surface area (TPSA) is 85.6 Å². The Hall–Kier alpha value is -3.05. The lowest BCUT2D eigenvalue weighted by molar-refractivity contribution is -0.136. The van der Waals surface area contributed by atoms with Crippen LogP contribution in [0.5, 0.6) is 0 Å². The first-order valence-corrected chi connectivity index (χ1v) is 9.29. The maximum absolute atomic E-state index is 13.3. The molecule has 148 valence electrons. The Morgan fingerprint density at radius 1 is 1.28 bits per heavy atom. The van der Waals surface area contributed by atoms with Crippen LogP contribution < -0.4 is 5.43 Å². The predicted molar refractivity (Wildman–Crippen MR) is 101 cm³/mol. The Morgan fingerprint density at radius 2 is 2.07 bits per heavy atom. The largest absolute Gasteiger partial charge is 0.418 e. The molecule has 0 unspecified atom stereocenters. The molecule has 1 amide bonds. The van der Waals surface area contributed by atoms with Crippen LogP contribution in [0.15, 0.2) is 36.1 Å². The molecule has 0 bridgehead atoms. The molecule has 4 aromatic heterocycles. The van der Waals surface area contributed by atoms with Crippen molar-refractivity contribution < 1.29 is 18.0 Å². The highest BCUT2D eigenvalue weighted by Crippen LogP contribution is 2.35. The molecule has 0 spiro atoms. The summed E-state index contributed by atoms with van der Waals surface area (Å²) in [6, 6.07) is 2.68. The van der Waals surface area contributed by atoms with Gasteiger partial charge in [-0.1, -0.05) is 11.6 Å². The first-order chi connectivity index (χ1) is 13.7. The van der Waals surface area contributed by atoms with Crippen LogP contribution >= 0.6 is 22.9 Å². The van der Waals surface area contributed by atoms with Gasteiger partial charge < -0.3 is 0 Å². The van der Waals surface area contributed by atoms with Crippen molar-refractivity contribution in [2.24, 2.45) is 0 Å². The lowest BCUT2D eigenvalue weighted by Crippen LogP contribution is -2.24. The number of pyridine rings is 1. The van der Waals surface area contributed by atoms with Crippen LogP contribution in [-0.2, 0) is 6.18 Å². The molecule has 0 aromatic carbocycles. The molecule has 12 heteroatoms. The molecular weight excluding hydrogens is 429 g/mol. The van der Waals surface area contributed by atoms with Crippen molar-refractivity contribution in [1.29, 1.82) is 0 Å². The number of amides is 1. The molecule has 0 aliphatic rings. The van der Waals surface area contributed by atoms with Crippen LogP contribution in [-0.4, -0.2) is 30.5 Å². The molecule has 0 saturated heterocycles. The van der Waals surface area contributed by atoms with E-state index in [1.54, 1.807) is 12.3 Å². The molecule has 4 aromatic rings. The third-order valence-corrected chi connectivity index (χ3v) is 5.14. The van der Waals surface area contributed by atoms with Gasteiger partial charge in [0, 0.05) is 29.4 Å². The monoisotopic (exact) mass is 438 g/mol. The predicted octanol–water partition coefficient (Wildman–Crippen LogP) is 4.31. The maximum atomic E-state index is 13.3. The third-order valence-electron chi connectivity index (χ3n) is 3.98. The molecule has 0 aliphatic heterocycles. The third kappa shape index (κ3) is 3.66. The second-order valence-corrected chi connectivity index (χ2v) is 7.14. The summed E-state index contributed by atoms with van der Waals surface area (Å²) in [5, 5.41) is 2.30. The molecule has 29 heavy (non-hydrogen) atoms. The minimum absolute atomic E-state index is 0.0270. The van der Waals surface area contributed by atoms with Gasteiger partial charge in [0.05, 0.1) is 16.8 Å². The number of halogens is 4. The van der Waals surface area contributed by atoms with Gasteiger partial charge in [0.1, 0.15) is 5.15 Å². The number of aromatic nitrogens is 5. The number of aryl methyl sites for hydroxylation is 1. The normalized spacial score (nSPS) is 11.8. The Morgan fingerprint density at radius 3 is 2.72 bits per heavy atom. The van der Waals surface area contributed by atoms with Gasteiger partial charge in [0.25, 0.3) is 5.91 Å². The van der Waals surface area contributed by atoms with Gasteiger partial charge in [-0.15, -0.1) is 11.3 Å². The van der Waals surface area contributed by atoms with Gasteiger partial charge >= 0.3 is 6.18 Å². The minimum atomic E-state index is -4.59. The number of carbonyl (C=O) groups excluding carboxylic acids is 1. The molecule has 0 aliphatic carbocycles. The van der Waals surface area contributed by atoms with E-state index in [0.717, 1.165) is 10.9 Å². The van der Waals surface area contributed by atoms with Crippen molar-refractivity contribution in [1.82, 2.24) is 24.6 Å². The highest BCUT2D eigenvalue weighted by Gasteiger charge is 2.35. The quantitative estimate of drug-likeness (QED) is 0.515. The highest BCUT2D eigenvalue weighted by atomic mass is 35.5. The van der Waals surface area contributed by atoms with Crippen LogP contribution in [0, 0.1) is 6.92 Å². The van der Waals surface area contributed by atoms with E-state index in [2.05, 4.69) is 25.4 Å². The van der Waals surface area contributed by atoms with Gasteiger partial charge in [-0.2, -0.15) is 13.2 Å². The van der Waals surface area contributed by atoms with Crippen LogP contribution in [0.2, 0.25) is 5.15 Å². The van der Waals surface area contributed by atoms with Crippen molar-refractivity contribution in [3.8, 4) is 10.8 Å². The Kier molecular flexibility index (Phi) is 4.71. The van der Waals surface area contributed by atoms with Crippen LogP contribution in [0.25, 0.3) is 21.9 Å². The summed E-state index contributed by atoms with van der Waals surface area (Å²) in [5.74, 6) is -0.383. The second kappa shape index (κ2) is 7.08. The summed E-state index contributed by atoms with van der Waals surface area (Å²) in [6.45, 7) is 1.59. The summed E-state index contributed by atoms with van der Waals surface area (Å²) in [5.41, 5.74) is 1.91. The summed E-state index contributed by atoms with van der Waals surface area (Å²) < 4.78 is 40.8. The first kappa shape index (κ1) is 19.3. The molecule has 4 rings (SSSR count). The fraction of sp³-hybridized carbons (Fsp3) is 0.118. The Bertz CT molecular complexity index is 1240. The van der Waals surface area contributed by atoms with E-state index in [9.17, 15) is 18.0 Å². The van der Waals surface area contributed by atoms with Crippen molar-refractivity contribution >= 4 is 39.9 Å². The number of carbonyl (C=O) groups is 1. The first-order valence-electron chi connectivity index (χ1n) is 8.03. The van der Waals surface area contributed by atoms with E-state index < -0.39 is 17.6 Å². The number of rotatable bonds is 3. The smallest absolute Gasteiger partial charge is 0.267 e. The van der Waals surface area contributed by atoms with Crippen molar-refractivity contribution in [2.45, 2.75) is 13.1 Å². The van der Waals surface area contributed by atoms with E-state index in [1.165, 1.54) is 35.9 Å². The van der Waals surface area contributed by atoms with Gasteiger partial charge in [0.15, 0.2) is 16.5 Å². The SMILES string of the molecule is Cc1nc(-c2nc(Cl)cs2)ncc1C(=O)Nn1cc(C(F)(F)F)c2cccnc21. The number of nitrogens with zero attached hydrogens (tertiary/aromatic N) is 5. The standard InChI is InChI=1S/C17H10ClF3N6OS/c1-8-10(5-23-13(24-8)16-25-12(18)7-29-16)15(28)26-27-6-11(17(19,20)21)9-3-2-4-22-14(9)27/h2-7H,1H3,(H,26,28). The molecule has 0 radical (unpaired) electrons. The maximum Gasteiger partial charge on any atom is 0.418 e. The summed E-state index contributed by atoms with van der Waals surface area (Å²) in [7, 11) is 0. The zero-order valence-electron chi connectivity index (χ0n) is 14.5. The molecule has 0 fully saturated rings. The van der Waals surface area contributed by atoms with Crippen molar-refractivity contribution in [2.75, 3.05) is 5.43 Å². The average Bonchev–Trinajstić information content (AvgIpc) is 3.25. The van der Waals surface area contributed by atoms with Gasteiger partial charge in [-0.25, -0.2) is 24.6 Å². The van der Waals surface area contributed by atoms with Gasteiger partial charge in [-0.3, -0.25) is 10.2 Å². The zero-order valence-corrected chi connectivity index (χ0v) is 16.1. The fourth-order valence-corrected chi connectivity index (χ4v) is 3.57. The lowest BCUT2D eigenvalue weighted by atomic mass is 10.2. The van der Waals surface area contributed by atoms with E-state index in [4.69, 9.17) is 11.6 Å². The highest BCUT2D eigenvalue weighted by molar-refractivity contribution is 7.13. The van der Waals surface area contributed by atoms with Crippen LogP contribution in [0.1, 0.15) is 21.6 Å². The number of alkyl halides is 3. The van der Waals surface area contributed by atoms with Gasteiger partial charge in [0.2, 0.25) is 0 Å². The van der Waals surface area contributed by atoms with Crippen LogP contribution in [0.4, 0.5) is 13.2 Å². The Labute approximate surface area is 170 Å². The summed E-state index contributed by atoms with van der Waals surface area (Å²) in [6.07, 6.45) is -1.18. The molecule has 4 heterocycles. The average molecular weight is 439 g/mol. The van der Waals surface area contributed by atoms with E-state index in [0.29, 0.717) is 21.7 Å². The fourth-order valence-electron chi connectivity index (χ4n) is 2.69. The minimum Gasteiger partial charge on any atom is -0.267 e. The van der Waals surface area contributed by atoms with Crippen molar-refractivity contribution in [3.63, 3.8) is 0 Å². The number of hydrogen-bond acceptors (Lipinski definition) is 6. The lowest BCUT2D eigenvalue weighted by Gasteiger charge is -2.09. The van der Waals surface area contributed by atoms with E-state index in [-0.39, 0.29) is 16.6 Å². The summed E-state index contributed by atoms with van der Waals surface area (Å²) in [4.78, 5) is 29.0. The van der Waals surface area contributed by atoms with Gasteiger partial charge in [-0.05, 0) is 19.1 Å².